The Hall–Kier alpha value is -2.95. The average Bonchev–Trinajstić information content (AvgIpc) is 3.33. The summed E-state index contributed by atoms with van der Waals surface area (Å²) in [6.07, 6.45) is -0.0478. The lowest BCUT2D eigenvalue weighted by Gasteiger charge is -2.09. The van der Waals surface area contributed by atoms with Crippen molar-refractivity contribution in [3.63, 3.8) is 0 Å². The Morgan fingerprint density at radius 2 is 1.88 bits per heavy atom. The van der Waals surface area contributed by atoms with E-state index in [2.05, 4.69) is 5.32 Å². The van der Waals surface area contributed by atoms with Crippen molar-refractivity contribution in [1.29, 1.82) is 0 Å². The highest BCUT2D eigenvalue weighted by molar-refractivity contribution is 7.15. The van der Waals surface area contributed by atoms with Crippen LogP contribution >= 0.6 is 34.3 Å². The molecule has 0 saturated heterocycles. The number of nitrogens with one attached hydrogen (secondary N) is 1. The Labute approximate surface area is 196 Å². The number of carbonyl (C=O) groups excluding carboxylic acids is 3. The third-order valence-electron chi connectivity index (χ3n) is 4.48. The molecule has 0 aliphatic carbocycles. The summed E-state index contributed by atoms with van der Waals surface area (Å²) in [4.78, 5) is 48.2. The van der Waals surface area contributed by atoms with Crippen molar-refractivity contribution in [3.05, 3.63) is 61.0 Å². The number of thiophene rings is 1. The van der Waals surface area contributed by atoms with Gasteiger partial charge in [-0.25, -0.2) is 4.79 Å². The quantitative estimate of drug-likeness (QED) is 0.475. The summed E-state index contributed by atoms with van der Waals surface area (Å²) in [6, 6.07) is 7.00. The summed E-state index contributed by atoms with van der Waals surface area (Å²) in [5.74, 6) is -1.86. The molecule has 168 valence electrons. The SMILES string of the molecule is COC(=O)c1c(-c2ccccc2Cl)csc1NC(=O)COC(=O)CCn1c(C)csc1=O. The first-order valence-corrected chi connectivity index (χ1v) is 11.5. The molecule has 2 aromatic heterocycles. The van der Waals surface area contributed by atoms with Gasteiger partial charge in [-0.3, -0.25) is 14.4 Å². The molecule has 0 saturated carbocycles. The van der Waals surface area contributed by atoms with E-state index in [4.69, 9.17) is 21.1 Å². The summed E-state index contributed by atoms with van der Waals surface area (Å²) < 4.78 is 11.3. The molecule has 0 bridgehead atoms. The molecular formula is C21H19ClN2O6S2. The molecule has 0 spiro atoms. The van der Waals surface area contributed by atoms with Crippen LogP contribution in [0.5, 0.6) is 0 Å². The minimum Gasteiger partial charge on any atom is -0.465 e. The van der Waals surface area contributed by atoms with Gasteiger partial charge in [0.15, 0.2) is 6.61 Å². The number of rotatable bonds is 8. The van der Waals surface area contributed by atoms with E-state index in [1.54, 1.807) is 41.9 Å². The Morgan fingerprint density at radius 1 is 1.12 bits per heavy atom. The van der Waals surface area contributed by atoms with Crippen LogP contribution in [0.4, 0.5) is 5.00 Å². The molecule has 2 heterocycles. The lowest BCUT2D eigenvalue weighted by atomic mass is 10.0. The standard InChI is InChI=1S/C21H19ClN2O6S2/c1-12-10-32-21(28)24(12)8-7-17(26)30-9-16(25)23-19-18(20(27)29-2)14(11-31-19)13-5-3-4-6-15(13)22/h3-6,10-11H,7-9H2,1-2H3,(H,23,25). The first-order chi connectivity index (χ1) is 15.3. The molecule has 8 nitrogen and oxygen atoms in total. The van der Waals surface area contributed by atoms with E-state index >= 15 is 0 Å². The van der Waals surface area contributed by atoms with Gasteiger partial charge in [-0.2, -0.15) is 0 Å². The van der Waals surface area contributed by atoms with Crippen molar-refractivity contribution in [3.8, 4) is 11.1 Å². The van der Waals surface area contributed by atoms with Crippen LogP contribution < -0.4 is 10.2 Å². The average molecular weight is 495 g/mol. The van der Waals surface area contributed by atoms with Gasteiger partial charge in [0.2, 0.25) is 0 Å². The van der Waals surface area contributed by atoms with Crippen LogP contribution in [0.15, 0.2) is 39.8 Å². The normalized spacial score (nSPS) is 10.6. The number of hydrogen-bond acceptors (Lipinski definition) is 8. The first kappa shape index (κ1) is 23.7. The number of benzene rings is 1. The summed E-state index contributed by atoms with van der Waals surface area (Å²) >= 11 is 8.44. The van der Waals surface area contributed by atoms with E-state index in [1.165, 1.54) is 11.7 Å². The lowest BCUT2D eigenvalue weighted by Crippen LogP contribution is -2.23. The van der Waals surface area contributed by atoms with E-state index in [9.17, 15) is 19.2 Å². The van der Waals surface area contributed by atoms with Crippen LogP contribution in [0.1, 0.15) is 22.5 Å². The highest BCUT2D eigenvalue weighted by Crippen LogP contribution is 2.39. The van der Waals surface area contributed by atoms with Gasteiger partial charge in [-0.05, 0) is 13.0 Å². The van der Waals surface area contributed by atoms with E-state index in [-0.39, 0.29) is 28.4 Å². The number of aromatic nitrogens is 1. The maximum absolute atomic E-state index is 12.4. The van der Waals surface area contributed by atoms with E-state index < -0.39 is 24.5 Å². The Bertz CT molecular complexity index is 1210. The molecule has 32 heavy (non-hydrogen) atoms. The van der Waals surface area contributed by atoms with Crippen molar-refractivity contribution < 1.29 is 23.9 Å². The topological polar surface area (TPSA) is 104 Å². The van der Waals surface area contributed by atoms with E-state index in [0.29, 0.717) is 16.1 Å². The van der Waals surface area contributed by atoms with Gasteiger partial charge in [-0.1, -0.05) is 41.1 Å². The van der Waals surface area contributed by atoms with E-state index in [1.807, 2.05) is 0 Å². The second-order valence-corrected chi connectivity index (χ2v) is 8.69. The number of esters is 2. The molecule has 0 unspecified atom stereocenters. The Balaban J connectivity index is 1.64. The van der Waals surface area contributed by atoms with Crippen molar-refractivity contribution in [1.82, 2.24) is 4.57 Å². The zero-order valence-electron chi connectivity index (χ0n) is 17.2. The third kappa shape index (κ3) is 5.45. The highest BCUT2D eigenvalue weighted by atomic mass is 35.5. The molecule has 1 aromatic carbocycles. The zero-order chi connectivity index (χ0) is 23.3. The molecular weight excluding hydrogens is 476 g/mol. The van der Waals surface area contributed by atoms with Crippen LogP contribution in [0.2, 0.25) is 5.02 Å². The fraction of sp³-hybridized carbons (Fsp3) is 0.238. The summed E-state index contributed by atoms with van der Waals surface area (Å²) in [7, 11) is 1.24. The van der Waals surface area contributed by atoms with Gasteiger partial charge >= 0.3 is 16.8 Å². The smallest absolute Gasteiger partial charge is 0.341 e. The van der Waals surface area contributed by atoms with Crippen LogP contribution in [-0.4, -0.2) is 36.1 Å². The van der Waals surface area contributed by atoms with Crippen molar-refractivity contribution in [2.45, 2.75) is 19.9 Å². The number of methoxy groups -OCH3 is 1. The molecule has 0 radical (unpaired) electrons. The fourth-order valence-electron chi connectivity index (χ4n) is 2.89. The number of ether oxygens (including phenoxy) is 2. The largest absolute Gasteiger partial charge is 0.465 e. The zero-order valence-corrected chi connectivity index (χ0v) is 19.6. The molecule has 1 amide bonds. The molecule has 0 aliphatic heterocycles. The van der Waals surface area contributed by atoms with Gasteiger partial charge in [0.05, 0.1) is 13.5 Å². The minimum absolute atomic E-state index is 0.0478. The van der Waals surface area contributed by atoms with Crippen molar-refractivity contribution in [2.75, 3.05) is 19.0 Å². The van der Waals surface area contributed by atoms with Gasteiger partial charge in [-0.15, -0.1) is 11.3 Å². The molecule has 3 rings (SSSR count). The monoisotopic (exact) mass is 494 g/mol. The number of amides is 1. The molecule has 11 heteroatoms. The van der Waals surface area contributed by atoms with Gasteiger partial charge in [0.1, 0.15) is 10.6 Å². The first-order valence-electron chi connectivity index (χ1n) is 9.37. The highest BCUT2D eigenvalue weighted by Gasteiger charge is 2.23. The number of hydrogen-bond donors (Lipinski definition) is 1. The number of aryl methyl sites for hydroxylation is 1. The van der Waals surface area contributed by atoms with Crippen LogP contribution in [0.3, 0.4) is 0 Å². The van der Waals surface area contributed by atoms with Crippen LogP contribution in [0, 0.1) is 6.92 Å². The number of halogens is 1. The molecule has 1 N–H and O–H groups in total. The second-order valence-electron chi connectivity index (χ2n) is 6.58. The van der Waals surface area contributed by atoms with Crippen LogP contribution in [-0.2, 0) is 25.6 Å². The van der Waals surface area contributed by atoms with Crippen molar-refractivity contribution >= 4 is 57.1 Å². The summed E-state index contributed by atoms with van der Waals surface area (Å²) in [5.41, 5.74) is 2.07. The third-order valence-corrected chi connectivity index (χ3v) is 6.58. The van der Waals surface area contributed by atoms with Crippen LogP contribution in [0.25, 0.3) is 11.1 Å². The van der Waals surface area contributed by atoms with Crippen molar-refractivity contribution in [2.24, 2.45) is 0 Å². The predicted octanol–water partition coefficient (Wildman–Crippen LogP) is 3.96. The number of carbonyl (C=O) groups is 3. The number of nitrogens with zero attached hydrogens (tertiary/aromatic N) is 1. The maximum Gasteiger partial charge on any atom is 0.341 e. The molecule has 3 aromatic rings. The van der Waals surface area contributed by atoms with Gasteiger partial charge < -0.3 is 19.4 Å². The number of thiazole rings is 1. The van der Waals surface area contributed by atoms with Gasteiger partial charge in [0.25, 0.3) is 5.91 Å². The maximum atomic E-state index is 12.4. The Kier molecular flexibility index (Phi) is 7.84. The lowest BCUT2D eigenvalue weighted by molar-refractivity contribution is -0.147. The Morgan fingerprint density at radius 3 is 2.53 bits per heavy atom. The minimum atomic E-state index is -0.634. The summed E-state index contributed by atoms with van der Waals surface area (Å²) in [6.45, 7) is 1.41. The van der Waals surface area contributed by atoms with E-state index in [0.717, 1.165) is 28.4 Å². The molecule has 0 aliphatic rings. The molecule has 0 fully saturated rings. The summed E-state index contributed by atoms with van der Waals surface area (Å²) in [5, 5.41) is 6.68. The second kappa shape index (κ2) is 10.6. The predicted molar refractivity (Wildman–Crippen MR) is 124 cm³/mol. The number of anilines is 1. The molecule has 0 atom stereocenters. The fourth-order valence-corrected chi connectivity index (χ4v) is 4.85. The van der Waals surface area contributed by atoms with Gasteiger partial charge in [0, 0.05) is 39.1 Å².